The van der Waals surface area contributed by atoms with E-state index in [9.17, 15) is 0 Å². The summed E-state index contributed by atoms with van der Waals surface area (Å²) in [5.74, 6) is 1.11. The zero-order chi connectivity index (χ0) is 9.10. The molecular formula is C9H12N4. The molecule has 0 unspecified atom stereocenters. The van der Waals surface area contributed by atoms with Gasteiger partial charge in [0.1, 0.15) is 5.82 Å². The molecule has 0 aliphatic carbocycles. The number of nitrogens with zero attached hydrogens (tertiary/aromatic N) is 3. The first-order chi connectivity index (χ1) is 6.40. The fraction of sp³-hybridized carbons (Fsp3) is 0.333. The Morgan fingerprint density at radius 3 is 3.15 bits per heavy atom. The van der Waals surface area contributed by atoms with Crippen LogP contribution in [0.5, 0.6) is 0 Å². The molecule has 0 saturated heterocycles. The van der Waals surface area contributed by atoms with E-state index in [1.807, 2.05) is 24.8 Å². The molecule has 0 aliphatic rings. The Morgan fingerprint density at radius 2 is 2.46 bits per heavy atom. The lowest BCUT2D eigenvalue weighted by Gasteiger charge is -2.03. The molecule has 0 amide bonds. The minimum atomic E-state index is 0.847. The van der Waals surface area contributed by atoms with E-state index in [0.29, 0.717) is 0 Å². The number of aryl methyl sites for hydroxylation is 1. The Kier molecular flexibility index (Phi) is 2.12. The van der Waals surface area contributed by atoms with Crippen molar-refractivity contribution in [2.75, 3.05) is 0 Å². The molecule has 2 aromatic rings. The first-order valence-electron chi connectivity index (χ1n) is 4.38. The standard InChI is InChI=1S/C9H12N4/c1-2-9-10-3-4-13(9)7-8-5-11-12-6-8/h3-6H,2,7H2,1H3,(H,11,12). The van der Waals surface area contributed by atoms with Crippen LogP contribution in [0.25, 0.3) is 0 Å². The van der Waals surface area contributed by atoms with Crippen LogP contribution in [0.4, 0.5) is 0 Å². The molecule has 2 rings (SSSR count). The number of rotatable bonds is 3. The summed E-state index contributed by atoms with van der Waals surface area (Å²) in [6.07, 6.45) is 8.52. The van der Waals surface area contributed by atoms with E-state index in [0.717, 1.165) is 18.8 Å². The van der Waals surface area contributed by atoms with Gasteiger partial charge in [-0.3, -0.25) is 5.10 Å². The zero-order valence-corrected chi connectivity index (χ0v) is 7.57. The Labute approximate surface area is 76.6 Å². The smallest absolute Gasteiger partial charge is 0.108 e. The number of H-pyrrole nitrogens is 1. The maximum absolute atomic E-state index is 4.25. The van der Waals surface area contributed by atoms with Crippen molar-refractivity contribution in [1.82, 2.24) is 19.7 Å². The highest BCUT2D eigenvalue weighted by Crippen LogP contribution is 2.03. The Bertz CT molecular complexity index is 361. The van der Waals surface area contributed by atoms with Gasteiger partial charge in [0.15, 0.2) is 0 Å². The maximum Gasteiger partial charge on any atom is 0.108 e. The van der Waals surface area contributed by atoms with Gasteiger partial charge in [-0.2, -0.15) is 5.10 Å². The van der Waals surface area contributed by atoms with Crippen LogP contribution >= 0.6 is 0 Å². The summed E-state index contributed by atoms with van der Waals surface area (Å²) >= 11 is 0. The molecule has 4 heteroatoms. The molecular weight excluding hydrogens is 164 g/mol. The van der Waals surface area contributed by atoms with Crippen molar-refractivity contribution in [2.45, 2.75) is 19.9 Å². The Balaban J connectivity index is 2.18. The predicted octanol–water partition coefficient (Wildman–Crippen LogP) is 1.22. The largest absolute Gasteiger partial charge is 0.330 e. The molecule has 0 radical (unpaired) electrons. The summed E-state index contributed by atoms with van der Waals surface area (Å²) in [7, 11) is 0. The SMILES string of the molecule is CCc1nccn1Cc1cn[nH]c1. The Hall–Kier alpha value is -1.58. The number of aromatic nitrogens is 4. The van der Waals surface area contributed by atoms with E-state index in [1.54, 1.807) is 0 Å². The fourth-order valence-electron chi connectivity index (χ4n) is 1.36. The van der Waals surface area contributed by atoms with Crippen LogP contribution in [0.3, 0.4) is 0 Å². The normalized spacial score (nSPS) is 10.5. The predicted molar refractivity (Wildman–Crippen MR) is 49.3 cm³/mol. The molecule has 0 saturated carbocycles. The monoisotopic (exact) mass is 176 g/mol. The number of hydrogen-bond donors (Lipinski definition) is 1. The summed E-state index contributed by atoms with van der Waals surface area (Å²) in [5, 5.41) is 6.70. The van der Waals surface area contributed by atoms with Crippen LogP contribution in [0.2, 0.25) is 0 Å². The van der Waals surface area contributed by atoms with E-state index in [-0.39, 0.29) is 0 Å². The second-order valence-corrected chi connectivity index (χ2v) is 2.93. The second-order valence-electron chi connectivity index (χ2n) is 2.93. The molecule has 13 heavy (non-hydrogen) atoms. The van der Waals surface area contributed by atoms with Crippen molar-refractivity contribution in [1.29, 1.82) is 0 Å². The molecule has 0 fully saturated rings. The molecule has 0 spiro atoms. The van der Waals surface area contributed by atoms with Gasteiger partial charge in [-0.1, -0.05) is 6.92 Å². The highest BCUT2D eigenvalue weighted by Gasteiger charge is 2.00. The highest BCUT2D eigenvalue weighted by molar-refractivity contribution is 5.05. The molecule has 2 aromatic heterocycles. The Morgan fingerprint density at radius 1 is 1.54 bits per heavy atom. The van der Waals surface area contributed by atoms with Crippen LogP contribution in [-0.4, -0.2) is 19.7 Å². The van der Waals surface area contributed by atoms with Gasteiger partial charge in [0.05, 0.1) is 12.7 Å². The quantitative estimate of drug-likeness (QED) is 0.764. The van der Waals surface area contributed by atoms with E-state index >= 15 is 0 Å². The number of nitrogens with one attached hydrogen (secondary N) is 1. The van der Waals surface area contributed by atoms with Gasteiger partial charge in [0.2, 0.25) is 0 Å². The van der Waals surface area contributed by atoms with Crippen molar-refractivity contribution >= 4 is 0 Å². The van der Waals surface area contributed by atoms with Gasteiger partial charge in [0, 0.05) is 30.6 Å². The van der Waals surface area contributed by atoms with Gasteiger partial charge < -0.3 is 4.57 Å². The average Bonchev–Trinajstić information content (AvgIpc) is 2.76. The number of hydrogen-bond acceptors (Lipinski definition) is 2. The first kappa shape index (κ1) is 8.04. The lowest BCUT2D eigenvalue weighted by atomic mass is 10.3. The van der Waals surface area contributed by atoms with Crippen LogP contribution < -0.4 is 0 Å². The number of imidazole rings is 1. The summed E-state index contributed by atoms with van der Waals surface area (Å²) in [5.41, 5.74) is 1.17. The molecule has 1 N–H and O–H groups in total. The summed E-state index contributed by atoms with van der Waals surface area (Å²) in [6.45, 7) is 2.95. The van der Waals surface area contributed by atoms with Gasteiger partial charge in [-0.25, -0.2) is 4.98 Å². The van der Waals surface area contributed by atoms with Crippen LogP contribution in [-0.2, 0) is 13.0 Å². The molecule has 0 atom stereocenters. The van der Waals surface area contributed by atoms with Crippen molar-refractivity contribution in [3.05, 3.63) is 36.2 Å². The van der Waals surface area contributed by atoms with Gasteiger partial charge in [-0.15, -0.1) is 0 Å². The lowest BCUT2D eigenvalue weighted by Crippen LogP contribution is -2.02. The molecule has 68 valence electrons. The molecule has 4 nitrogen and oxygen atoms in total. The topological polar surface area (TPSA) is 46.5 Å². The van der Waals surface area contributed by atoms with E-state index in [2.05, 4.69) is 26.7 Å². The van der Waals surface area contributed by atoms with Crippen LogP contribution in [0.15, 0.2) is 24.8 Å². The minimum Gasteiger partial charge on any atom is -0.330 e. The zero-order valence-electron chi connectivity index (χ0n) is 7.57. The molecule has 0 aliphatic heterocycles. The second kappa shape index (κ2) is 3.43. The first-order valence-corrected chi connectivity index (χ1v) is 4.38. The van der Waals surface area contributed by atoms with Gasteiger partial charge in [0.25, 0.3) is 0 Å². The van der Waals surface area contributed by atoms with E-state index in [1.165, 1.54) is 5.56 Å². The van der Waals surface area contributed by atoms with E-state index in [4.69, 9.17) is 0 Å². The highest BCUT2D eigenvalue weighted by atomic mass is 15.1. The van der Waals surface area contributed by atoms with Gasteiger partial charge >= 0.3 is 0 Å². The van der Waals surface area contributed by atoms with Crippen molar-refractivity contribution in [2.24, 2.45) is 0 Å². The summed E-state index contributed by atoms with van der Waals surface area (Å²) < 4.78 is 2.13. The third kappa shape index (κ3) is 1.61. The fourth-order valence-corrected chi connectivity index (χ4v) is 1.36. The lowest BCUT2D eigenvalue weighted by molar-refractivity contribution is 0.732. The van der Waals surface area contributed by atoms with Gasteiger partial charge in [-0.05, 0) is 0 Å². The minimum absolute atomic E-state index is 0.847. The molecule has 2 heterocycles. The third-order valence-electron chi connectivity index (χ3n) is 2.03. The van der Waals surface area contributed by atoms with Crippen molar-refractivity contribution in [3.8, 4) is 0 Å². The maximum atomic E-state index is 4.25. The average molecular weight is 176 g/mol. The number of aromatic amines is 1. The summed E-state index contributed by atoms with van der Waals surface area (Å²) in [6, 6.07) is 0. The van der Waals surface area contributed by atoms with Crippen LogP contribution in [0, 0.1) is 0 Å². The van der Waals surface area contributed by atoms with Crippen molar-refractivity contribution in [3.63, 3.8) is 0 Å². The molecule has 0 aromatic carbocycles. The van der Waals surface area contributed by atoms with Crippen LogP contribution in [0.1, 0.15) is 18.3 Å². The van der Waals surface area contributed by atoms with Crippen molar-refractivity contribution < 1.29 is 0 Å². The molecule has 0 bridgehead atoms. The summed E-state index contributed by atoms with van der Waals surface area (Å²) in [4.78, 5) is 4.25. The third-order valence-corrected chi connectivity index (χ3v) is 2.03. The van der Waals surface area contributed by atoms with E-state index < -0.39 is 0 Å².